The molecule has 2 N–H and O–H groups in total. The summed E-state index contributed by atoms with van der Waals surface area (Å²) in [5, 5.41) is -0.0463. The SMILES string of the molecule is NC1CC(=O)N(c2ccc(S(=O)(=O)N3CCN(c4cc(C(F)(F)C5COC5)cc(Cl)n4)CC3)cc2)C1. The van der Waals surface area contributed by atoms with Crippen LogP contribution in [0, 0.1) is 5.92 Å². The first-order chi connectivity index (χ1) is 17.1. The van der Waals surface area contributed by atoms with Crippen LogP contribution in [0.15, 0.2) is 41.3 Å². The molecule has 4 heterocycles. The molecule has 194 valence electrons. The van der Waals surface area contributed by atoms with E-state index in [1.807, 2.05) is 0 Å². The molecule has 9 nitrogen and oxygen atoms in total. The smallest absolute Gasteiger partial charge is 0.280 e. The second-order valence-electron chi connectivity index (χ2n) is 9.25. The van der Waals surface area contributed by atoms with E-state index in [-0.39, 0.29) is 79.2 Å². The molecule has 3 saturated heterocycles. The maximum Gasteiger partial charge on any atom is 0.280 e. The highest BCUT2D eigenvalue weighted by Crippen LogP contribution is 2.41. The summed E-state index contributed by atoms with van der Waals surface area (Å²) in [6.45, 7) is 1.21. The Bertz CT molecular complexity index is 1250. The van der Waals surface area contributed by atoms with Crippen LogP contribution in [0.3, 0.4) is 0 Å². The second kappa shape index (κ2) is 9.49. The number of anilines is 2. The number of hydrogen-bond donors (Lipinski definition) is 1. The number of nitrogens with two attached hydrogens (primary N) is 1. The molecule has 3 aliphatic rings. The van der Waals surface area contributed by atoms with Gasteiger partial charge >= 0.3 is 0 Å². The van der Waals surface area contributed by atoms with Crippen molar-refractivity contribution in [2.45, 2.75) is 23.3 Å². The molecule has 0 radical (unpaired) electrons. The second-order valence-corrected chi connectivity index (χ2v) is 11.6. The zero-order valence-corrected chi connectivity index (χ0v) is 20.9. The fourth-order valence-corrected chi connectivity index (χ4v) is 6.23. The minimum absolute atomic E-state index is 0.0122. The lowest BCUT2D eigenvalue weighted by molar-refractivity contribution is -0.175. The predicted molar refractivity (Wildman–Crippen MR) is 130 cm³/mol. The van der Waals surface area contributed by atoms with E-state index < -0.39 is 21.9 Å². The van der Waals surface area contributed by atoms with Crippen molar-refractivity contribution < 1.29 is 26.7 Å². The van der Waals surface area contributed by atoms with Gasteiger partial charge in [-0.15, -0.1) is 0 Å². The van der Waals surface area contributed by atoms with Gasteiger partial charge in [0.15, 0.2) is 0 Å². The number of halogens is 3. The van der Waals surface area contributed by atoms with Gasteiger partial charge in [-0.1, -0.05) is 11.6 Å². The average Bonchev–Trinajstić information content (AvgIpc) is 3.15. The van der Waals surface area contributed by atoms with E-state index in [0.717, 1.165) is 6.07 Å². The quantitative estimate of drug-likeness (QED) is 0.557. The third-order valence-electron chi connectivity index (χ3n) is 6.82. The van der Waals surface area contributed by atoms with Crippen molar-refractivity contribution >= 4 is 39.0 Å². The summed E-state index contributed by atoms with van der Waals surface area (Å²) in [5.74, 6) is -3.81. The fraction of sp³-hybridized carbons (Fsp3) is 0.478. The number of rotatable bonds is 6. The number of aromatic nitrogens is 1. The molecule has 2 aromatic rings. The Labute approximate surface area is 212 Å². The van der Waals surface area contributed by atoms with Gasteiger partial charge in [0.25, 0.3) is 5.92 Å². The van der Waals surface area contributed by atoms with Crippen LogP contribution < -0.4 is 15.5 Å². The average molecular weight is 542 g/mol. The molecule has 0 aliphatic carbocycles. The minimum Gasteiger partial charge on any atom is -0.380 e. The van der Waals surface area contributed by atoms with Crippen LogP contribution in [0.25, 0.3) is 0 Å². The summed E-state index contributed by atoms with van der Waals surface area (Å²) in [5.41, 5.74) is 6.22. The summed E-state index contributed by atoms with van der Waals surface area (Å²) in [6.07, 6.45) is 0.264. The Morgan fingerprint density at radius 1 is 1.08 bits per heavy atom. The molecule has 1 amide bonds. The molecule has 1 atom stereocenters. The zero-order chi connectivity index (χ0) is 25.7. The third kappa shape index (κ3) is 4.68. The highest BCUT2D eigenvalue weighted by atomic mass is 35.5. The van der Waals surface area contributed by atoms with E-state index in [1.54, 1.807) is 21.9 Å². The molecule has 0 saturated carbocycles. The van der Waals surface area contributed by atoms with E-state index in [4.69, 9.17) is 22.1 Å². The summed E-state index contributed by atoms with van der Waals surface area (Å²) in [7, 11) is -3.78. The number of carbonyl (C=O) groups excluding carboxylic acids is 1. The molecule has 3 fully saturated rings. The van der Waals surface area contributed by atoms with Crippen LogP contribution in [0.1, 0.15) is 12.0 Å². The van der Waals surface area contributed by atoms with Gasteiger partial charge in [-0.05, 0) is 36.4 Å². The fourth-order valence-electron chi connectivity index (χ4n) is 4.61. The highest BCUT2D eigenvalue weighted by molar-refractivity contribution is 7.89. The summed E-state index contributed by atoms with van der Waals surface area (Å²) >= 11 is 6.06. The van der Waals surface area contributed by atoms with Crippen LogP contribution in [0.5, 0.6) is 0 Å². The topological polar surface area (TPSA) is 109 Å². The molecule has 36 heavy (non-hydrogen) atoms. The summed E-state index contributed by atoms with van der Waals surface area (Å²) < 4.78 is 62.3. The van der Waals surface area contributed by atoms with Crippen molar-refractivity contribution in [2.24, 2.45) is 11.7 Å². The van der Waals surface area contributed by atoms with E-state index in [0.29, 0.717) is 12.2 Å². The Kier molecular flexibility index (Phi) is 6.66. The van der Waals surface area contributed by atoms with Crippen LogP contribution >= 0.6 is 11.6 Å². The Balaban J connectivity index is 1.27. The first-order valence-corrected chi connectivity index (χ1v) is 13.4. The van der Waals surface area contributed by atoms with Crippen molar-refractivity contribution in [3.8, 4) is 0 Å². The lowest BCUT2D eigenvalue weighted by Crippen LogP contribution is -2.49. The van der Waals surface area contributed by atoms with Gasteiger partial charge in [0.05, 0.1) is 24.0 Å². The Hall–Kier alpha value is -2.38. The van der Waals surface area contributed by atoms with Crippen molar-refractivity contribution in [3.63, 3.8) is 0 Å². The number of amides is 1. The van der Waals surface area contributed by atoms with Crippen molar-refractivity contribution in [3.05, 3.63) is 47.1 Å². The molecule has 13 heteroatoms. The number of carbonyl (C=O) groups is 1. The maximum atomic E-state index is 14.8. The normalized spacial score (nSPS) is 22.2. The van der Waals surface area contributed by atoms with E-state index >= 15 is 0 Å². The van der Waals surface area contributed by atoms with E-state index in [2.05, 4.69) is 4.98 Å². The third-order valence-corrected chi connectivity index (χ3v) is 8.93. The number of alkyl halides is 2. The van der Waals surface area contributed by atoms with Crippen LogP contribution in [0.2, 0.25) is 5.15 Å². The lowest BCUT2D eigenvalue weighted by atomic mass is 9.93. The van der Waals surface area contributed by atoms with Gasteiger partial charge in [-0.25, -0.2) is 22.2 Å². The Morgan fingerprint density at radius 2 is 1.75 bits per heavy atom. The zero-order valence-electron chi connectivity index (χ0n) is 19.3. The Morgan fingerprint density at radius 3 is 2.31 bits per heavy atom. The summed E-state index contributed by atoms with van der Waals surface area (Å²) in [6, 6.07) is 8.40. The maximum absolute atomic E-state index is 14.8. The molecular formula is C23H26ClF2N5O4S. The number of hydrogen-bond acceptors (Lipinski definition) is 7. The molecule has 1 unspecified atom stereocenters. The van der Waals surface area contributed by atoms with Gasteiger partial charge in [-0.3, -0.25) is 4.79 Å². The molecule has 1 aromatic carbocycles. The van der Waals surface area contributed by atoms with Gasteiger partial charge in [0, 0.05) is 56.4 Å². The van der Waals surface area contributed by atoms with Gasteiger partial charge in [0.2, 0.25) is 15.9 Å². The number of pyridine rings is 1. The molecule has 1 aromatic heterocycles. The molecule has 5 rings (SSSR count). The van der Waals surface area contributed by atoms with Crippen molar-refractivity contribution in [1.82, 2.24) is 9.29 Å². The van der Waals surface area contributed by atoms with Gasteiger partial charge in [0.1, 0.15) is 11.0 Å². The van der Waals surface area contributed by atoms with Gasteiger partial charge < -0.3 is 20.3 Å². The number of nitrogens with zero attached hydrogens (tertiary/aromatic N) is 4. The summed E-state index contributed by atoms with van der Waals surface area (Å²) in [4.78, 5) is 19.7. The number of sulfonamides is 1. The van der Waals surface area contributed by atoms with E-state index in [1.165, 1.54) is 22.5 Å². The monoisotopic (exact) mass is 541 g/mol. The van der Waals surface area contributed by atoms with Gasteiger partial charge in [-0.2, -0.15) is 4.31 Å². The lowest BCUT2D eigenvalue weighted by Gasteiger charge is -2.36. The molecule has 3 aliphatic heterocycles. The van der Waals surface area contributed by atoms with Crippen LogP contribution in [-0.4, -0.2) is 75.6 Å². The van der Waals surface area contributed by atoms with Crippen molar-refractivity contribution in [2.75, 3.05) is 55.7 Å². The molecule has 0 bridgehead atoms. The number of piperazine rings is 1. The number of ether oxygens (including phenoxy) is 1. The van der Waals surface area contributed by atoms with Crippen molar-refractivity contribution in [1.29, 1.82) is 0 Å². The molecular weight excluding hydrogens is 516 g/mol. The standard InChI is InChI=1S/C23H26ClF2N5O4S/c24-20-9-15(23(25,26)16-13-35-14-16)10-21(28-20)29-5-7-30(8-6-29)36(33,34)19-3-1-18(2-4-19)31-12-17(27)11-22(31)32/h1-4,9-10,16-17H,5-8,11-14,27H2. The first kappa shape index (κ1) is 25.3. The largest absolute Gasteiger partial charge is 0.380 e. The minimum atomic E-state index is -3.78. The molecule has 0 spiro atoms. The predicted octanol–water partition coefficient (Wildman–Crippen LogP) is 2.05. The van der Waals surface area contributed by atoms with Crippen LogP contribution in [-0.2, 0) is 25.5 Å². The van der Waals surface area contributed by atoms with Crippen LogP contribution in [0.4, 0.5) is 20.3 Å². The van der Waals surface area contributed by atoms with E-state index in [9.17, 15) is 22.0 Å². The highest BCUT2D eigenvalue weighted by Gasteiger charge is 2.46. The first-order valence-electron chi connectivity index (χ1n) is 11.6. The number of benzene rings is 1.